The Labute approximate surface area is 236 Å². The number of carbonyl (C=O) groups excluding carboxylic acids is 2. The van der Waals surface area contributed by atoms with Crippen molar-refractivity contribution in [3.05, 3.63) is 53.1 Å². The summed E-state index contributed by atoms with van der Waals surface area (Å²) in [5.74, 6) is 1.10. The summed E-state index contributed by atoms with van der Waals surface area (Å²) in [4.78, 5) is 23.9. The number of anilines is 3. The second-order valence-corrected chi connectivity index (χ2v) is 12.5. The molecule has 39 heavy (non-hydrogen) atoms. The summed E-state index contributed by atoms with van der Waals surface area (Å²) in [6.07, 6.45) is 5.26. The summed E-state index contributed by atoms with van der Waals surface area (Å²) in [6.45, 7) is 8.17. The molecule has 0 aromatic heterocycles. The summed E-state index contributed by atoms with van der Waals surface area (Å²) in [5, 5.41) is 13.9. The number of fused-ring (bicyclic) bond motifs is 2. The van der Waals surface area contributed by atoms with E-state index in [-0.39, 0.29) is 5.41 Å². The van der Waals surface area contributed by atoms with Gasteiger partial charge in [0.15, 0.2) is 24.3 Å². The normalized spacial score (nSPS) is 31.0. The van der Waals surface area contributed by atoms with Crippen LogP contribution in [0, 0.1) is 17.8 Å². The van der Waals surface area contributed by atoms with Gasteiger partial charge in [-0.2, -0.15) is 0 Å². The summed E-state index contributed by atoms with van der Waals surface area (Å²) in [6, 6.07) is 13.8. The van der Waals surface area contributed by atoms with Crippen molar-refractivity contribution in [1.29, 1.82) is 0 Å². The van der Waals surface area contributed by atoms with Gasteiger partial charge in [0, 0.05) is 18.5 Å². The first-order valence-electron chi connectivity index (χ1n) is 13.8. The van der Waals surface area contributed by atoms with Gasteiger partial charge < -0.3 is 30.0 Å². The molecule has 2 bridgehead atoms. The quantitative estimate of drug-likeness (QED) is 0.354. The smallest absolute Gasteiger partial charge is 0.256 e. The molecule has 4 atom stereocenters. The molecular weight excluding hydrogens is 516 g/mol. The Kier molecular flexibility index (Phi) is 9.06. The molecule has 5 rings (SSSR count). The third kappa shape index (κ3) is 6.83. The van der Waals surface area contributed by atoms with E-state index in [1.54, 1.807) is 26.0 Å². The maximum absolute atomic E-state index is 12.7. The number of nitrogens with one attached hydrogen (secondary N) is 2. The number of halogens is 1. The van der Waals surface area contributed by atoms with Crippen LogP contribution in [-0.4, -0.2) is 42.4 Å². The van der Waals surface area contributed by atoms with Crippen molar-refractivity contribution in [3.63, 3.8) is 0 Å². The molecule has 1 saturated heterocycles. The molecule has 1 aliphatic heterocycles. The summed E-state index contributed by atoms with van der Waals surface area (Å²) < 4.78 is 11.1. The van der Waals surface area contributed by atoms with Crippen molar-refractivity contribution < 1.29 is 24.2 Å². The molecule has 2 aliphatic carbocycles. The number of ether oxygens (including phenoxy) is 2. The molecule has 7 nitrogen and oxygen atoms in total. The van der Waals surface area contributed by atoms with Crippen molar-refractivity contribution in [2.24, 2.45) is 17.8 Å². The Bertz CT molecular complexity index is 1150. The van der Waals surface area contributed by atoms with Crippen LogP contribution in [0.3, 0.4) is 0 Å². The van der Waals surface area contributed by atoms with Gasteiger partial charge in [-0.25, -0.2) is 0 Å². The minimum atomic E-state index is -0.989. The second-order valence-electron chi connectivity index (χ2n) is 12.1. The van der Waals surface area contributed by atoms with E-state index in [1.165, 1.54) is 37.7 Å². The molecule has 0 spiro atoms. The Hall–Kier alpha value is -2.45. The molecule has 8 heteroatoms. The van der Waals surface area contributed by atoms with E-state index < -0.39 is 23.9 Å². The first kappa shape index (κ1) is 29.5. The first-order valence-corrected chi connectivity index (χ1v) is 14.1. The maximum atomic E-state index is 12.7. The molecule has 212 valence electrons. The topological polar surface area (TPSA) is 96.9 Å². The van der Waals surface area contributed by atoms with Gasteiger partial charge in [-0.15, -0.1) is 0 Å². The zero-order valence-electron chi connectivity index (χ0n) is 23.5. The van der Waals surface area contributed by atoms with Crippen molar-refractivity contribution in [2.75, 3.05) is 17.7 Å². The Morgan fingerprint density at radius 2 is 1.59 bits per heavy atom. The van der Waals surface area contributed by atoms with E-state index in [4.69, 9.17) is 26.2 Å². The molecule has 3 N–H and O–H groups in total. The van der Waals surface area contributed by atoms with Gasteiger partial charge in [-0.3, -0.25) is 4.79 Å². The lowest BCUT2D eigenvalue weighted by Crippen LogP contribution is -2.38. The zero-order valence-corrected chi connectivity index (χ0v) is 24.3. The summed E-state index contributed by atoms with van der Waals surface area (Å²) in [7, 11) is 1.00. The molecule has 1 heterocycles. The van der Waals surface area contributed by atoms with Crippen LogP contribution in [0.1, 0.15) is 65.4 Å². The van der Waals surface area contributed by atoms with E-state index in [2.05, 4.69) is 42.7 Å². The van der Waals surface area contributed by atoms with Gasteiger partial charge in [0.05, 0.1) is 10.7 Å². The van der Waals surface area contributed by atoms with E-state index in [0.29, 0.717) is 17.0 Å². The van der Waals surface area contributed by atoms with Crippen LogP contribution in [0.2, 0.25) is 5.02 Å². The summed E-state index contributed by atoms with van der Waals surface area (Å²) >= 11 is 6.75. The van der Waals surface area contributed by atoms with Crippen LogP contribution in [0.15, 0.2) is 42.5 Å². The highest BCUT2D eigenvalue weighted by Crippen LogP contribution is 2.51. The fourth-order valence-corrected chi connectivity index (χ4v) is 7.14. The number of aliphatic hydroxyl groups excluding tert-OH is 1. The number of aliphatic hydroxyl groups is 1. The average Bonchev–Trinajstić information content (AvgIpc) is 3.21. The monoisotopic (exact) mass is 556 g/mol. The zero-order chi connectivity index (χ0) is 28.4. The van der Waals surface area contributed by atoms with Crippen molar-refractivity contribution in [2.45, 2.75) is 83.2 Å². The van der Waals surface area contributed by atoms with Gasteiger partial charge >= 0.3 is 0 Å². The molecule has 3 fully saturated rings. The fourth-order valence-electron chi connectivity index (χ4n) is 6.91. The lowest BCUT2D eigenvalue weighted by Gasteiger charge is -2.47. The van der Waals surface area contributed by atoms with E-state index >= 15 is 0 Å². The van der Waals surface area contributed by atoms with Crippen LogP contribution in [0.25, 0.3) is 0 Å². The Balaban J connectivity index is 0.00000172. The molecule has 2 aromatic carbocycles. The molecule has 4 unspecified atom stereocenters. The number of amides is 1. The van der Waals surface area contributed by atoms with Crippen LogP contribution in [-0.2, 0) is 24.5 Å². The minimum Gasteiger partial charge on any atom is -0.400 e. The highest BCUT2D eigenvalue weighted by atomic mass is 35.5. The van der Waals surface area contributed by atoms with Crippen LogP contribution < -0.4 is 10.6 Å². The number of carbonyl (C=O) groups is 2. The van der Waals surface area contributed by atoms with Gasteiger partial charge in [-0.05, 0) is 111 Å². The highest BCUT2D eigenvalue weighted by molar-refractivity contribution is 6.33. The molecule has 2 saturated carbocycles. The van der Waals surface area contributed by atoms with Crippen molar-refractivity contribution >= 4 is 40.9 Å². The standard InChI is InChI=1S/C30H37ClN2O4.CH4O/c1-18-11-19-13-20(12-18)16-30(4,15-19)21-5-10-25(24(31)14-21)32-22-6-8-23(9-7-22)33-28(35)27-26(17-34)36-29(2,3)37-27;1-2/h5-10,14,17-20,26-27,32H,11-13,15-16H2,1-4H3,(H,33,35);2H,1H3. The second kappa shape index (κ2) is 12.0. The minimum absolute atomic E-state index is 0.182. The SMILES string of the molecule is CC1CC2CC(C1)CC(C)(c1ccc(Nc3ccc(NC(=O)C4OC(C)(C)OC4C=O)cc3)c(Cl)c1)C2.CO. The molecule has 0 radical (unpaired) electrons. The third-order valence-corrected chi connectivity index (χ3v) is 8.55. The predicted molar refractivity (Wildman–Crippen MR) is 154 cm³/mol. The lowest BCUT2D eigenvalue weighted by atomic mass is 9.57. The Morgan fingerprint density at radius 3 is 2.18 bits per heavy atom. The number of aldehydes is 1. The van der Waals surface area contributed by atoms with Crippen LogP contribution in [0.4, 0.5) is 17.1 Å². The first-order chi connectivity index (χ1) is 18.5. The van der Waals surface area contributed by atoms with Crippen LogP contribution >= 0.6 is 11.6 Å². The number of rotatable bonds is 6. The van der Waals surface area contributed by atoms with Gasteiger partial charge in [0.1, 0.15) is 0 Å². The number of benzene rings is 2. The fraction of sp³-hybridized carbons (Fsp3) is 0.548. The number of hydrogen-bond acceptors (Lipinski definition) is 6. The van der Waals surface area contributed by atoms with E-state index in [1.807, 2.05) is 12.1 Å². The number of hydrogen-bond donors (Lipinski definition) is 3. The van der Waals surface area contributed by atoms with Crippen molar-refractivity contribution in [1.82, 2.24) is 0 Å². The molecule has 1 amide bonds. The largest absolute Gasteiger partial charge is 0.400 e. The lowest BCUT2D eigenvalue weighted by molar-refractivity contribution is -0.154. The third-order valence-electron chi connectivity index (χ3n) is 8.24. The van der Waals surface area contributed by atoms with Crippen LogP contribution in [0.5, 0.6) is 0 Å². The van der Waals surface area contributed by atoms with Gasteiger partial charge in [0.2, 0.25) is 0 Å². The predicted octanol–water partition coefficient (Wildman–Crippen LogP) is 6.45. The average molecular weight is 557 g/mol. The molecular formula is C31H41ClN2O5. The Morgan fingerprint density at radius 1 is 0.974 bits per heavy atom. The van der Waals surface area contributed by atoms with Gasteiger partial charge in [0.25, 0.3) is 5.91 Å². The van der Waals surface area contributed by atoms with E-state index in [0.717, 1.165) is 36.2 Å². The van der Waals surface area contributed by atoms with E-state index in [9.17, 15) is 9.59 Å². The molecule has 3 aliphatic rings. The van der Waals surface area contributed by atoms with Gasteiger partial charge in [-0.1, -0.05) is 31.5 Å². The molecule has 2 aromatic rings. The van der Waals surface area contributed by atoms with Crippen molar-refractivity contribution in [3.8, 4) is 0 Å². The summed E-state index contributed by atoms with van der Waals surface area (Å²) in [5.41, 5.74) is 3.82. The maximum Gasteiger partial charge on any atom is 0.256 e. The highest BCUT2D eigenvalue weighted by Gasteiger charge is 2.45.